The van der Waals surface area contributed by atoms with Gasteiger partial charge in [0.2, 0.25) is 5.96 Å². The maximum Gasteiger partial charge on any atom is 0.446 e. The van der Waals surface area contributed by atoms with E-state index in [-0.39, 0.29) is 27.6 Å². The summed E-state index contributed by atoms with van der Waals surface area (Å²) in [7, 11) is 1.60. The highest BCUT2D eigenvalue weighted by molar-refractivity contribution is 8.00. The van der Waals surface area contributed by atoms with Gasteiger partial charge in [0.25, 0.3) is 0 Å². The second-order valence-electron chi connectivity index (χ2n) is 5.21. The number of aryl methyl sites for hydroxylation is 1. The molecule has 0 atom stereocenters. The zero-order valence-corrected chi connectivity index (χ0v) is 15.2. The third kappa shape index (κ3) is 5.57. The molecule has 25 heavy (non-hydrogen) atoms. The lowest BCUT2D eigenvalue weighted by atomic mass is 10.1. The van der Waals surface area contributed by atoms with E-state index in [0.29, 0.717) is 11.4 Å². The van der Waals surface area contributed by atoms with E-state index in [0.717, 1.165) is 12.0 Å². The van der Waals surface area contributed by atoms with Crippen molar-refractivity contribution in [2.75, 3.05) is 11.9 Å². The van der Waals surface area contributed by atoms with Crippen molar-refractivity contribution in [2.24, 2.45) is 10.7 Å². The van der Waals surface area contributed by atoms with E-state index >= 15 is 0 Å². The number of hydrogen-bond donors (Lipinski definition) is 1. The minimum absolute atomic E-state index is 0.0273. The number of alkyl halides is 3. The molecule has 8 heteroatoms. The first-order valence-electron chi connectivity index (χ1n) is 7.41. The lowest BCUT2D eigenvalue weighted by Gasteiger charge is -2.20. The van der Waals surface area contributed by atoms with Gasteiger partial charge in [0.1, 0.15) is 0 Å². The summed E-state index contributed by atoms with van der Waals surface area (Å²) in [5.74, 6) is 0.129. The Balaban J connectivity index is 2.30. The highest BCUT2D eigenvalue weighted by Gasteiger charge is 2.29. The Labute approximate surface area is 153 Å². The average Bonchev–Trinajstić information content (AvgIpc) is 2.54. The van der Waals surface area contributed by atoms with Crippen LogP contribution in [0.2, 0.25) is 5.02 Å². The lowest BCUT2D eigenvalue weighted by molar-refractivity contribution is -0.0328. The van der Waals surface area contributed by atoms with E-state index in [1.807, 2.05) is 25.1 Å². The predicted octanol–water partition coefficient (Wildman–Crippen LogP) is 5.60. The van der Waals surface area contributed by atoms with Crippen LogP contribution >= 0.6 is 23.4 Å². The number of anilines is 1. The van der Waals surface area contributed by atoms with Crippen molar-refractivity contribution in [3.63, 3.8) is 0 Å². The van der Waals surface area contributed by atoms with Crippen LogP contribution in [0, 0.1) is 0 Å². The Morgan fingerprint density at radius 1 is 1.24 bits per heavy atom. The first kappa shape index (κ1) is 19.5. The van der Waals surface area contributed by atoms with Crippen LogP contribution < -0.4 is 10.6 Å². The Morgan fingerprint density at radius 2 is 1.96 bits per heavy atom. The quantitative estimate of drug-likeness (QED) is 0.422. The fourth-order valence-corrected chi connectivity index (χ4v) is 2.94. The summed E-state index contributed by atoms with van der Waals surface area (Å²) >= 11 is 5.91. The summed E-state index contributed by atoms with van der Waals surface area (Å²) in [6.45, 7) is 2.03. The Bertz CT molecular complexity index is 778. The van der Waals surface area contributed by atoms with Gasteiger partial charge in [-0.1, -0.05) is 30.7 Å². The van der Waals surface area contributed by atoms with E-state index in [9.17, 15) is 13.2 Å². The molecule has 0 aliphatic rings. The van der Waals surface area contributed by atoms with Gasteiger partial charge in [-0.15, -0.1) is 0 Å². The number of halogens is 4. The molecule has 134 valence electrons. The van der Waals surface area contributed by atoms with Crippen LogP contribution in [-0.2, 0) is 6.42 Å². The fraction of sp³-hybridized carbons (Fsp3) is 0.235. The maximum atomic E-state index is 12.6. The SMILES string of the molecule is CCc1cccc(N=C(N)N(C)c2cc(SC(F)(F)F)ccc2Cl)c1. The van der Waals surface area contributed by atoms with Gasteiger partial charge in [0.15, 0.2) is 0 Å². The summed E-state index contributed by atoms with van der Waals surface area (Å²) in [5, 5.41) is 0.287. The third-order valence-electron chi connectivity index (χ3n) is 3.42. The molecule has 0 saturated heterocycles. The summed E-state index contributed by atoms with van der Waals surface area (Å²) < 4.78 is 37.7. The average molecular weight is 388 g/mol. The molecule has 0 bridgehead atoms. The number of nitrogens with two attached hydrogens (primary N) is 1. The van der Waals surface area contributed by atoms with Crippen molar-refractivity contribution in [3.8, 4) is 0 Å². The van der Waals surface area contributed by atoms with Crippen molar-refractivity contribution < 1.29 is 13.2 Å². The van der Waals surface area contributed by atoms with Crippen molar-refractivity contribution in [2.45, 2.75) is 23.7 Å². The van der Waals surface area contributed by atoms with Gasteiger partial charge in [0.05, 0.1) is 16.4 Å². The summed E-state index contributed by atoms with van der Waals surface area (Å²) in [4.78, 5) is 5.81. The summed E-state index contributed by atoms with van der Waals surface area (Å²) in [6, 6.07) is 11.6. The molecule has 0 aromatic heterocycles. The first-order chi connectivity index (χ1) is 11.7. The molecule has 2 rings (SSSR count). The van der Waals surface area contributed by atoms with Gasteiger partial charge in [-0.25, -0.2) is 4.99 Å². The highest BCUT2D eigenvalue weighted by atomic mass is 35.5. The topological polar surface area (TPSA) is 41.6 Å². The molecule has 0 saturated carbocycles. The van der Waals surface area contributed by atoms with E-state index in [1.54, 1.807) is 13.1 Å². The van der Waals surface area contributed by atoms with Crippen LogP contribution in [0.1, 0.15) is 12.5 Å². The molecule has 2 aromatic carbocycles. The summed E-state index contributed by atoms with van der Waals surface area (Å²) in [5.41, 5.74) is 3.76. The number of aliphatic imine (C=N–C) groups is 1. The molecule has 0 amide bonds. The Kier molecular flexibility index (Phi) is 6.24. The largest absolute Gasteiger partial charge is 0.446 e. The number of thioether (sulfide) groups is 1. The number of guanidine groups is 1. The number of benzene rings is 2. The van der Waals surface area contributed by atoms with Gasteiger partial charge in [-0.05, 0) is 54.1 Å². The van der Waals surface area contributed by atoms with Crippen LogP contribution in [0.25, 0.3) is 0 Å². The molecule has 3 nitrogen and oxygen atoms in total. The van der Waals surface area contributed by atoms with Gasteiger partial charge < -0.3 is 10.6 Å². The molecule has 0 fully saturated rings. The Morgan fingerprint density at radius 3 is 2.60 bits per heavy atom. The smallest absolute Gasteiger partial charge is 0.369 e. The monoisotopic (exact) mass is 387 g/mol. The molecule has 2 aromatic rings. The molecule has 2 N–H and O–H groups in total. The highest BCUT2D eigenvalue weighted by Crippen LogP contribution is 2.39. The lowest BCUT2D eigenvalue weighted by Crippen LogP contribution is -2.33. The summed E-state index contributed by atoms with van der Waals surface area (Å²) in [6.07, 6.45) is 0.863. The van der Waals surface area contributed by atoms with Gasteiger partial charge in [0, 0.05) is 11.9 Å². The zero-order valence-electron chi connectivity index (χ0n) is 13.6. The van der Waals surface area contributed by atoms with Crippen LogP contribution in [0.3, 0.4) is 0 Å². The van der Waals surface area contributed by atoms with Crippen molar-refractivity contribution in [1.29, 1.82) is 0 Å². The Hall–Kier alpha value is -1.86. The van der Waals surface area contributed by atoms with E-state index in [1.165, 1.54) is 23.1 Å². The van der Waals surface area contributed by atoms with Crippen LogP contribution in [0.15, 0.2) is 52.4 Å². The van der Waals surface area contributed by atoms with Crippen molar-refractivity contribution in [3.05, 3.63) is 53.1 Å². The third-order valence-corrected chi connectivity index (χ3v) is 4.46. The van der Waals surface area contributed by atoms with E-state index in [2.05, 4.69) is 4.99 Å². The first-order valence-corrected chi connectivity index (χ1v) is 8.61. The molecule has 0 aliphatic carbocycles. The second kappa shape index (κ2) is 8.01. The van der Waals surface area contributed by atoms with E-state index < -0.39 is 5.51 Å². The number of hydrogen-bond acceptors (Lipinski definition) is 2. The maximum absolute atomic E-state index is 12.6. The molecular formula is C17H17ClF3N3S. The normalized spacial score (nSPS) is 12.3. The van der Waals surface area contributed by atoms with Gasteiger partial charge in [-0.3, -0.25) is 0 Å². The predicted molar refractivity (Wildman–Crippen MR) is 98.9 cm³/mol. The van der Waals surface area contributed by atoms with Crippen LogP contribution in [-0.4, -0.2) is 18.5 Å². The number of nitrogens with zero attached hydrogens (tertiary/aromatic N) is 2. The molecule has 0 heterocycles. The molecule has 0 aliphatic heterocycles. The molecular weight excluding hydrogens is 371 g/mol. The standard InChI is InChI=1S/C17H17ClF3N3S/c1-3-11-5-4-6-12(9-11)23-16(22)24(2)15-10-13(7-8-14(15)18)25-17(19,20)21/h4-10H,3H2,1-2H3,(H2,22,23). The van der Waals surface area contributed by atoms with Gasteiger partial charge >= 0.3 is 5.51 Å². The van der Waals surface area contributed by atoms with Crippen molar-refractivity contribution >= 4 is 40.7 Å². The fourth-order valence-electron chi connectivity index (χ4n) is 2.12. The van der Waals surface area contributed by atoms with Crippen LogP contribution in [0.5, 0.6) is 0 Å². The molecule has 0 radical (unpaired) electrons. The van der Waals surface area contributed by atoms with Gasteiger partial charge in [-0.2, -0.15) is 13.2 Å². The zero-order chi connectivity index (χ0) is 18.6. The minimum atomic E-state index is -4.37. The molecule has 0 spiro atoms. The number of rotatable bonds is 4. The minimum Gasteiger partial charge on any atom is -0.369 e. The molecule has 0 unspecified atom stereocenters. The second-order valence-corrected chi connectivity index (χ2v) is 6.76. The van der Waals surface area contributed by atoms with Crippen LogP contribution in [0.4, 0.5) is 24.5 Å². The van der Waals surface area contributed by atoms with E-state index in [4.69, 9.17) is 17.3 Å². The van der Waals surface area contributed by atoms with Crippen molar-refractivity contribution in [1.82, 2.24) is 0 Å².